The summed E-state index contributed by atoms with van der Waals surface area (Å²) in [6, 6.07) is 7.94. The average Bonchev–Trinajstić information content (AvgIpc) is 2.40. The molecule has 3 N–H and O–H groups in total. The second kappa shape index (κ2) is 4.94. The smallest absolute Gasteiger partial charge is 0.0727 e. The van der Waals surface area contributed by atoms with Gasteiger partial charge in [0.2, 0.25) is 0 Å². The monoisotopic (exact) mass is 271 g/mol. The molecule has 1 aromatic heterocycles. The number of ether oxygens (including phenoxy) is 1. The summed E-state index contributed by atoms with van der Waals surface area (Å²) in [5, 5.41) is 4.72. The molecule has 3 rings (SSSR count). The summed E-state index contributed by atoms with van der Waals surface area (Å²) in [4.78, 5) is 4.57. The zero-order chi connectivity index (χ0) is 14.2. The molecule has 1 aromatic carbocycles. The zero-order valence-corrected chi connectivity index (χ0v) is 12.1. The van der Waals surface area contributed by atoms with Crippen LogP contribution in [0.4, 0.5) is 11.4 Å². The maximum absolute atomic E-state index is 5.92. The number of rotatable bonds is 2. The molecule has 20 heavy (non-hydrogen) atoms. The highest BCUT2D eigenvalue weighted by molar-refractivity contribution is 5.93. The molecule has 106 valence electrons. The minimum atomic E-state index is -0.0242. The Balaban J connectivity index is 2.03. The van der Waals surface area contributed by atoms with E-state index in [-0.39, 0.29) is 5.54 Å². The third kappa shape index (κ3) is 2.56. The number of anilines is 2. The molecule has 0 saturated carbocycles. The molecule has 2 aromatic rings. The van der Waals surface area contributed by atoms with Crippen LogP contribution in [0.2, 0.25) is 0 Å². The van der Waals surface area contributed by atoms with E-state index in [9.17, 15) is 0 Å². The number of pyridine rings is 1. The lowest BCUT2D eigenvalue weighted by molar-refractivity contribution is 0.0541. The zero-order valence-electron chi connectivity index (χ0n) is 12.1. The molecule has 4 nitrogen and oxygen atoms in total. The van der Waals surface area contributed by atoms with Gasteiger partial charge >= 0.3 is 0 Å². The first kappa shape index (κ1) is 13.2. The van der Waals surface area contributed by atoms with E-state index in [0.29, 0.717) is 0 Å². The molecule has 1 fully saturated rings. The summed E-state index contributed by atoms with van der Waals surface area (Å²) in [6.07, 6.45) is 2.20. The largest absolute Gasteiger partial charge is 0.399 e. The van der Waals surface area contributed by atoms with Crippen molar-refractivity contribution in [3.05, 3.63) is 30.0 Å². The summed E-state index contributed by atoms with van der Waals surface area (Å²) >= 11 is 0. The van der Waals surface area contributed by atoms with E-state index in [1.807, 2.05) is 25.1 Å². The lowest BCUT2D eigenvalue weighted by atomic mass is 9.94. The number of benzene rings is 1. The standard InChI is InChI=1S/C16H21N3O/c1-11-8-15(19-16(2)6-3-7-20-10-16)13-9-12(17)4-5-14(13)18-11/h4-5,8-9H,3,6-7,10,17H2,1-2H3,(H,18,19). The molecule has 0 radical (unpaired) electrons. The third-order valence-corrected chi connectivity index (χ3v) is 3.84. The van der Waals surface area contributed by atoms with Gasteiger partial charge in [-0.15, -0.1) is 0 Å². The van der Waals surface area contributed by atoms with Crippen LogP contribution in [0.15, 0.2) is 24.3 Å². The van der Waals surface area contributed by atoms with Gasteiger partial charge in [0.15, 0.2) is 0 Å². The van der Waals surface area contributed by atoms with Crippen molar-refractivity contribution in [1.82, 2.24) is 4.98 Å². The van der Waals surface area contributed by atoms with Crippen LogP contribution in [0.1, 0.15) is 25.5 Å². The van der Waals surface area contributed by atoms with Gasteiger partial charge in [-0.05, 0) is 51.0 Å². The van der Waals surface area contributed by atoms with E-state index < -0.39 is 0 Å². The van der Waals surface area contributed by atoms with Crippen LogP contribution in [-0.2, 0) is 4.74 Å². The van der Waals surface area contributed by atoms with Crippen molar-refractivity contribution in [3.8, 4) is 0 Å². The lowest BCUT2D eigenvalue weighted by Crippen LogP contribution is -2.43. The summed E-state index contributed by atoms with van der Waals surface area (Å²) in [5.74, 6) is 0. The molecule has 0 spiro atoms. The Bertz CT molecular complexity index is 633. The molecule has 4 heteroatoms. The van der Waals surface area contributed by atoms with Crippen molar-refractivity contribution in [2.45, 2.75) is 32.2 Å². The number of aryl methyl sites for hydroxylation is 1. The van der Waals surface area contributed by atoms with Gasteiger partial charge in [-0.2, -0.15) is 0 Å². The van der Waals surface area contributed by atoms with Gasteiger partial charge in [0.05, 0.1) is 17.7 Å². The number of aromatic nitrogens is 1. The normalized spacial score (nSPS) is 22.9. The molecule has 1 aliphatic heterocycles. The van der Waals surface area contributed by atoms with Crippen LogP contribution in [0, 0.1) is 6.92 Å². The first-order valence-corrected chi connectivity index (χ1v) is 7.09. The number of nitrogens with two attached hydrogens (primary N) is 1. The number of nitrogens with zero attached hydrogens (tertiary/aromatic N) is 1. The lowest BCUT2D eigenvalue weighted by Gasteiger charge is -2.35. The molecule has 1 aliphatic rings. The van der Waals surface area contributed by atoms with Crippen molar-refractivity contribution in [1.29, 1.82) is 0 Å². The van der Waals surface area contributed by atoms with Gasteiger partial charge in [0.1, 0.15) is 0 Å². The summed E-state index contributed by atoms with van der Waals surface area (Å²) in [6.45, 7) is 5.82. The quantitative estimate of drug-likeness (QED) is 0.824. The van der Waals surface area contributed by atoms with Crippen LogP contribution in [0.5, 0.6) is 0 Å². The maximum Gasteiger partial charge on any atom is 0.0727 e. The fourth-order valence-electron chi connectivity index (χ4n) is 2.84. The highest BCUT2D eigenvalue weighted by Crippen LogP contribution is 2.30. The Labute approximate surface area is 119 Å². The van der Waals surface area contributed by atoms with Gasteiger partial charge in [-0.1, -0.05) is 0 Å². The number of fused-ring (bicyclic) bond motifs is 1. The van der Waals surface area contributed by atoms with Crippen molar-refractivity contribution < 1.29 is 4.74 Å². The van der Waals surface area contributed by atoms with E-state index in [4.69, 9.17) is 10.5 Å². The predicted molar refractivity (Wildman–Crippen MR) is 83.0 cm³/mol. The molecule has 0 bridgehead atoms. The topological polar surface area (TPSA) is 60.2 Å². The first-order valence-electron chi connectivity index (χ1n) is 7.09. The molecule has 0 aliphatic carbocycles. The number of nitrogen functional groups attached to an aromatic ring is 1. The van der Waals surface area contributed by atoms with Gasteiger partial charge in [-0.3, -0.25) is 4.98 Å². The highest BCUT2D eigenvalue weighted by atomic mass is 16.5. The van der Waals surface area contributed by atoms with Crippen LogP contribution < -0.4 is 11.1 Å². The van der Waals surface area contributed by atoms with Gasteiger partial charge in [0, 0.05) is 29.1 Å². The van der Waals surface area contributed by atoms with E-state index in [1.165, 1.54) is 0 Å². The number of hydrogen-bond acceptors (Lipinski definition) is 4. The average molecular weight is 271 g/mol. The van der Waals surface area contributed by atoms with Gasteiger partial charge < -0.3 is 15.8 Å². The van der Waals surface area contributed by atoms with Crippen molar-refractivity contribution in [2.75, 3.05) is 24.3 Å². The van der Waals surface area contributed by atoms with E-state index in [1.54, 1.807) is 0 Å². The van der Waals surface area contributed by atoms with E-state index in [2.05, 4.69) is 23.3 Å². The molecular weight excluding hydrogens is 250 g/mol. The Kier molecular flexibility index (Phi) is 3.26. The second-order valence-electron chi connectivity index (χ2n) is 5.93. The molecule has 1 atom stereocenters. The van der Waals surface area contributed by atoms with Crippen LogP contribution in [0.25, 0.3) is 10.9 Å². The Hall–Kier alpha value is -1.81. The van der Waals surface area contributed by atoms with Crippen LogP contribution in [0.3, 0.4) is 0 Å². The number of hydrogen-bond donors (Lipinski definition) is 2. The van der Waals surface area contributed by atoms with Crippen molar-refractivity contribution in [3.63, 3.8) is 0 Å². The number of nitrogens with one attached hydrogen (secondary N) is 1. The Morgan fingerprint density at radius 1 is 1.35 bits per heavy atom. The molecule has 1 unspecified atom stereocenters. The first-order chi connectivity index (χ1) is 9.56. The molecular formula is C16H21N3O. The van der Waals surface area contributed by atoms with Crippen molar-refractivity contribution >= 4 is 22.3 Å². The summed E-state index contributed by atoms with van der Waals surface area (Å²) in [7, 11) is 0. The summed E-state index contributed by atoms with van der Waals surface area (Å²) in [5.41, 5.74) is 9.72. The Morgan fingerprint density at radius 3 is 2.95 bits per heavy atom. The predicted octanol–water partition coefficient (Wildman–Crippen LogP) is 3.11. The molecule has 2 heterocycles. The Morgan fingerprint density at radius 2 is 2.20 bits per heavy atom. The maximum atomic E-state index is 5.92. The van der Waals surface area contributed by atoms with Crippen LogP contribution in [-0.4, -0.2) is 23.7 Å². The third-order valence-electron chi connectivity index (χ3n) is 3.84. The summed E-state index contributed by atoms with van der Waals surface area (Å²) < 4.78 is 5.62. The van der Waals surface area contributed by atoms with Gasteiger partial charge in [-0.25, -0.2) is 0 Å². The highest BCUT2D eigenvalue weighted by Gasteiger charge is 2.27. The van der Waals surface area contributed by atoms with Crippen LogP contribution >= 0.6 is 0 Å². The minimum absolute atomic E-state index is 0.0242. The van der Waals surface area contributed by atoms with Gasteiger partial charge in [0.25, 0.3) is 0 Å². The molecule has 0 amide bonds. The minimum Gasteiger partial charge on any atom is -0.399 e. The SMILES string of the molecule is Cc1cc(NC2(C)CCCOC2)c2cc(N)ccc2n1. The fraction of sp³-hybridized carbons (Fsp3) is 0.438. The fourth-order valence-corrected chi connectivity index (χ4v) is 2.84. The van der Waals surface area contributed by atoms with Crippen molar-refractivity contribution in [2.24, 2.45) is 0 Å². The second-order valence-corrected chi connectivity index (χ2v) is 5.93. The van der Waals surface area contributed by atoms with E-state index in [0.717, 1.165) is 54.0 Å². The molecule has 1 saturated heterocycles. The van der Waals surface area contributed by atoms with E-state index >= 15 is 0 Å².